The number of carbonyl (C=O) groups is 1. The second-order valence-corrected chi connectivity index (χ2v) is 6.14. The van der Waals surface area contributed by atoms with E-state index >= 15 is 0 Å². The second-order valence-electron chi connectivity index (χ2n) is 6.14. The third-order valence-electron chi connectivity index (χ3n) is 4.38. The number of carbonyl (C=O) groups excluding carboxylic acids is 1. The van der Waals surface area contributed by atoms with Crippen molar-refractivity contribution in [3.63, 3.8) is 0 Å². The van der Waals surface area contributed by atoms with Crippen molar-refractivity contribution in [1.29, 1.82) is 0 Å². The van der Waals surface area contributed by atoms with Crippen LogP contribution in [0.3, 0.4) is 0 Å². The lowest BCUT2D eigenvalue weighted by molar-refractivity contribution is 0.0927. The van der Waals surface area contributed by atoms with E-state index in [2.05, 4.69) is 19.9 Å². The maximum atomic E-state index is 12.6. The fourth-order valence-corrected chi connectivity index (χ4v) is 3.16. The number of imidazole rings is 2. The first-order chi connectivity index (χ1) is 11.8. The van der Waals surface area contributed by atoms with E-state index in [0.717, 1.165) is 30.8 Å². The largest absolute Gasteiger partial charge is 0.347 e. The summed E-state index contributed by atoms with van der Waals surface area (Å²) in [6.07, 6.45) is 11.1. The first kappa shape index (κ1) is 14.7. The Bertz CT molecular complexity index is 837. The van der Waals surface area contributed by atoms with Crippen LogP contribution in [0.1, 0.15) is 28.2 Å². The van der Waals surface area contributed by atoms with Crippen molar-refractivity contribution >= 4 is 5.91 Å². The van der Waals surface area contributed by atoms with Crippen molar-refractivity contribution in [1.82, 2.24) is 24.4 Å². The Morgan fingerprint density at radius 3 is 3.12 bits per heavy atom. The van der Waals surface area contributed by atoms with Crippen LogP contribution in [0.4, 0.5) is 0 Å². The molecule has 0 spiro atoms. The minimum absolute atomic E-state index is 0.0175. The molecular formula is C18H19N5O. The molecule has 3 aromatic rings. The molecule has 4 rings (SSSR count). The Morgan fingerprint density at radius 1 is 1.29 bits per heavy atom. The average Bonchev–Trinajstić information content (AvgIpc) is 3.26. The van der Waals surface area contributed by atoms with E-state index in [1.165, 1.54) is 0 Å². The molecule has 2 aromatic heterocycles. The molecule has 0 saturated carbocycles. The highest BCUT2D eigenvalue weighted by Crippen LogP contribution is 2.14. The fourth-order valence-electron chi connectivity index (χ4n) is 3.16. The molecule has 0 bridgehead atoms. The summed E-state index contributed by atoms with van der Waals surface area (Å²) in [7, 11) is 0. The molecule has 0 fully saturated rings. The zero-order valence-electron chi connectivity index (χ0n) is 13.3. The van der Waals surface area contributed by atoms with Gasteiger partial charge in [0.1, 0.15) is 5.82 Å². The van der Waals surface area contributed by atoms with Gasteiger partial charge < -0.3 is 14.5 Å². The lowest BCUT2D eigenvalue weighted by Crippen LogP contribution is -2.40. The quantitative estimate of drug-likeness (QED) is 0.798. The third kappa shape index (κ3) is 3.08. The Labute approximate surface area is 140 Å². The van der Waals surface area contributed by atoms with Gasteiger partial charge >= 0.3 is 0 Å². The molecule has 1 unspecified atom stereocenters. The summed E-state index contributed by atoms with van der Waals surface area (Å²) in [5.74, 6) is 1.08. The molecule has 1 atom stereocenters. The van der Waals surface area contributed by atoms with Gasteiger partial charge in [-0.15, -0.1) is 0 Å². The number of hydrogen-bond acceptors (Lipinski definition) is 3. The highest BCUT2D eigenvalue weighted by molar-refractivity contribution is 5.94. The molecule has 1 N–H and O–H groups in total. The van der Waals surface area contributed by atoms with E-state index < -0.39 is 0 Å². The van der Waals surface area contributed by atoms with Gasteiger partial charge in [0.05, 0.1) is 6.33 Å². The Morgan fingerprint density at radius 2 is 2.25 bits per heavy atom. The van der Waals surface area contributed by atoms with Gasteiger partial charge in [0.25, 0.3) is 5.91 Å². The second kappa shape index (κ2) is 6.31. The monoisotopic (exact) mass is 321 g/mol. The summed E-state index contributed by atoms with van der Waals surface area (Å²) in [6, 6.07) is 7.90. The number of fused-ring (bicyclic) bond motifs is 1. The first-order valence-corrected chi connectivity index (χ1v) is 8.13. The first-order valence-electron chi connectivity index (χ1n) is 8.13. The van der Waals surface area contributed by atoms with Crippen LogP contribution in [0.25, 0.3) is 0 Å². The predicted molar refractivity (Wildman–Crippen MR) is 89.6 cm³/mol. The highest BCUT2D eigenvalue weighted by atomic mass is 16.1. The molecule has 122 valence electrons. The molecule has 0 radical (unpaired) electrons. The van der Waals surface area contributed by atoms with Crippen LogP contribution in [-0.4, -0.2) is 31.1 Å². The highest BCUT2D eigenvalue weighted by Gasteiger charge is 2.20. The maximum absolute atomic E-state index is 12.6. The summed E-state index contributed by atoms with van der Waals surface area (Å²) in [5, 5.41) is 3.15. The Kier molecular flexibility index (Phi) is 3.86. The lowest BCUT2D eigenvalue weighted by Gasteiger charge is -2.24. The number of nitrogens with one attached hydrogen (secondary N) is 1. The summed E-state index contributed by atoms with van der Waals surface area (Å²) in [6.45, 7) is 1.50. The van der Waals surface area contributed by atoms with E-state index in [4.69, 9.17) is 0 Å². The van der Waals surface area contributed by atoms with Gasteiger partial charge in [-0.2, -0.15) is 0 Å². The topological polar surface area (TPSA) is 64.7 Å². The summed E-state index contributed by atoms with van der Waals surface area (Å²) in [4.78, 5) is 20.9. The summed E-state index contributed by atoms with van der Waals surface area (Å²) < 4.78 is 4.10. The molecule has 3 heterocycles. The zero-order valence-corrected chi connectivity index (χ0v) is 13.3. The van der Waals surface area contributed by atoms with E-state index in [1.807, 2.05) is 47.4 Å². The Hall–Kier alpha value is -2.89. The minimum Gasteiger partial charge on any atom is -0.347 e. The maximum Gasteiger partial charge on any atom is 0.251 e. The van der Waals surface area contributed by atoms with E-state index in [1.54, 1.807) is 12.5 Å². The van der Waals surface area contributed by atoms with Crippen molar-refractivity contribution < 1.29 is 4.79 Å². The van der Waals surface area contributed by atoms with Gasteiger partial charge in [-0.05, 0) is 24.1 Å². The number of aromatic nitrogens is 4. The van der Waals surface area contributed by atoms with Gasteiger partial charge in [0, 0.05) is 55.9 Å². The van der Waals surface area contributed by atoms with Crippen molar-refractivity contribution in [2.24, 2.45) is 0 Å². The standard InChI is InChI=1S/C18H19N5O/c24-18(21-16-4-5-17-20-7-9-23(17)12-16)15-3-1-2-14(10-15)11-22-8-6-19-13-22/h1-3,6-10,13,16H,4-5,11-12H2,(H,21,24). The van der Waals surface area contributed by atoms with Crippen molar-refractivity contribution in [2.75, 3.05) is 0 Å². The molecule has 6 heteroatoms. The average molecular weight is 321 g/mol. The van der Waals surface area contributed by atoms with Crippen LogP contribution < -0.4 is 5.32 Å². The van der Waals surface area contributed by atoms with Crippen molar-refractivity contribution in [3.8, 4) is 0 Å². The molecule has 24 heavy (non-hydrogen) atoms. The zero-order chi connectivity index (χ0) is 16.4. The van der Waals surface area contributed by atoms with Gasteiger partial charge in [0.15, 0.2) is 0 Å². The third-order valence-corrected chi connectivity index (χ3v) is 4.38. The van der Waals surface area contributed by atoms with Gasteiger partial charge in [0.2, 0.25) is 0 Å². The Balaban J connectivity index is 1.43. The van der Waals surface area contributed by atoms with E-state index in [-0.39, 0.29) is 11.9 Å². The molecular weight excluding hydrogens is 302 g/mol. The number of aryl methyl sites for hydroxylation is 1. The van der Waals surface area contributed by atoms with Crippen LogP contribution in [0, 0.1) is 0 Å². The normalized spacial score (nSPS) is 16.6. The lowest BCUT2D eigenvalue weighted by atomic mass is 10.1. The van der Waals surface area contributed by atoms with Crippen LogP contribution in [-0.2, 0) is 19.5 Å². The summed E-state index contributed by atoms with van der Waals surface area (Å²) >= 11 is 0. The van der Waals surface area contributed by atoms with Gasteiger partial charge in [-0.1, -0.05) is 12.1 Å². The van der Waals surface area contributed by atoms with Crippen LogP contribution in [0.2, 0.25) is 0 Å². The smallest absolute Gasteiger partial charge is 0.251 e. The fraction of sp³-hybridized carbons (Fsp3) is 0.278. The van der Waals surface area contributed by atoms with Gasteiger partial charge in [-0.3, -0.25) is 4.79 Å². The molecule has 1 aliphatic rings. The number of amides is 1. The van der Waals surface area contributed by atoms with Crippen LogP contribution >= 0.6 is 0 Å². The van der Waals surface area contributed by atoms with Crippen molar-refractivity contribution in [3.05, 3.63) is 72.3 Å². The molecule has 1 amide bonds. The molecule has 0 aliphatic carbocycles. The number of hydrogen-bond donors (Lipinski definition) is 1. The number of nitrogens with zero attached hydrogens (tertiary/aromatic N) is 4. The minimum atomic E-state index is -0.0175. The molecule has 1 aliphatic heterocycles. The number of benzene rings is 1. The molecule has 6 nitrogen and oxygen atoms in total. The van der Waals surface area contributed by atoms with Crippen molar-refractivity contribution in [2.45, 2.75) is 32.0 Å². The number of rotatable bonds is 4. The molecule has 1 aromatic carbocycles. The van der Waals surface area contributed by atoms with Gasteiger partial charge in [-0.25, -0.2) is 9.97 Å². The summed E-state index contributed by atoms with van der Waals surface area (Å²) in [5.41, 5.74) is 1.78. The van der Waals surface area contributed by atoms with Crippen LogP contribution in [0.15, 0.2) is 55.4 Å². The van der Waals surface area contributed by atoms with Crippen LogP contribution in [0.5, 0.6) is 0 Å². The SMILES string of the molecule is O=C(NC1CCc2nccn2C1)c1cccc(Cn2ccnc2)c1. The van der Waals surface area contributed by atoms with E-state index in [0.29, 0.717) is 12.1 Å². The predicted octanol–water partition coefficient (Wildman–Crippen LogP) is 1.87. The van der Waals surface area contributed by atoms with E-state index in [9.17, 15) is 4.79 Å². The molecule has 0 saturated heterocycles.